The van der Waals surface area contributed by atoms with Crippen LogP contribution in [0.5, 0.6) is 5.75 Å². The molecule has 0 bridgehead atoms. The lowest BCUT2D eigenvalue weighted by Crippen LogP contribution is -2.09. The van der Waals surface area contributed by atoms with Crippen LogP contribution in [-0.4, -0.2) is 24.8 Å². The average Bonchev–Trinajstić information content (AvgIpc) is 2.33. The van der Waals surface area contributed by atoms with Crippen molar-refractivity contribution < 1.29 is 19.4 Å². The van der Waals surface area contributed by atoms with Crippen LogP contribution >= 0.6 is 0 Å². The zero-order chi connectivity index (χ0) is 14.5. The van der Waals surface area contributed by atoms with E-state index >= 15 is 0 Å². The van der Waals surface area contributed by atoms with E-state index in [-0.39, 0.29) is 11.0 Å². The molecular formula is C15H22O4. The first-order valence-electron chi connectivity index (χ1n) is 6.31. The summed E-state index contributed by atoms with van der Waals surface area (Å²) in [5.41, 5.74) is 1.34. The minimum Gasteiger partial charge on any atom is -0.496 e. The number of rotatable bonds is 6. The molecule has 0 aliphatic carbocycles. The third kappa shape index (κ3) is 5.30. The minimum absolute atomic E-state index is 0.168. The second-order valence-electron chi connectivity index (χ2n) is 5.70. The number of methoxy groups -OCH3 is 1. The van der Waals surface area contributed by atoms with Gasteiger partial charge in [0.25, 0.3) is 0 Å². The van der Waals surface area contributed by atoms with E-state index in [0.29, 0.717) is 19.0 Å². The van der Waals surface area contributed by atoms with E-state index in [2.05, 4.69) is 20.8 Å². The maximum Gasteiger partial charge on any atom is 0.339 e. The molecule has 0 amide bonds. The third-order valence-corrected chi connectivity index (χ3v) is 2.76. The van der Waals surface area contributed by atoms with Crippen LogP contribution in [0.15, 0.2) is 18.2 Å². The number of carboxylic acid groups (broad SMARTS) is 1. The largest absolute Gasteiger partial charge is 0.496 e. The molecule has 0 saturated carbocycles. The second kappa shape index (κ2) is 6.57. The zero-order valence-electron chi connectivity index (χ0n) is 12.0. The van der Waals surface area contributed by atoms with Gasteiger partial charge in [-0.25, -0.2) is 4.79 Å². The number of carbonyl (C=O) groups is 1. The molecule has 1 N–H and O–H groups in total. The third-order valence-electron chi connectivity index (χ3n) is 2.76. The van der Waals surface area contributed by atoms with Crippen LogP contribution in [-0.2, 0) is 11.3 Å². The highest BCUT2D eigenvalue weighted by atomic mass is 16.5. The number of benzene rings is 1. The Morgan fingerprint density at radius 2 is 2.00 bits per heavy atom. The van der Waals surface area contributed by atoms with Crippen molar-refractivity contribution in [2.75, 3.05) is 13.7 Å². The predicted octanol–water partition coefficient (Wildman–Crippen LogP) is 3.35. The number of carboxylic acids is 1. The lowest BCUT2D eigenvalue weighted by Gasteiger charge is -2.17. The minimum atomic E-state index is -0.989. The Balaban J connectivity index is 2.58. The molecule has 0 aromatic heterocycles. The Hall–Kier alpha value is -1.55. The fraction of sp³-hybridized carbons (Fsp3) is 0.533. The summed E-state index contributed by atoms with van der Waals surface area (Å²) in [7, 11) is 1.46. The summed E-state index contributed by atoms with van der Waals surface area (Å²) < 4.78 is 10.7. The van der Waals surface area contributed by atoms with E-state index in [1.807, 2.05) is 0 Å². The molecule has 1 aromatic rings. The first kappa shape index (κ1) is 15.5. The zero-order valence-corrected chi connectivity index (χ0v) is 12.0. The lowest BCUT2D eigenvalue weighted by molar-refractivity contribution is 0.0692. The Labute approximate surface area is 114 Å². The van der Waals surface area contributed by atoms with Gasteiger partial charge in [-0.15, -0.1) is 0 Å². The average molecular weight is 266 g/mol. The molecule has 0 heterocycles. The summed E-state index contributed by atoms with van der Waals surface area (Å²) in [5.74, 6) is -0.624. The molecule has 0 aliphatic rings. The van der Waals surface area contributed by atoms with Gasteiger partial charge in [-0.1, -0.05) is 26.8 Å². The van der Waals surface area contributed by atoms with Gasteiger partial charge < -0.3 is 14.6 Å². The molecule has 0 spiro atoms. The molecule has 106 valence electrons. The molecule has 0 radical (unpaired) electrons. The van der Waals surface area contributed by atoms with Gasteiger partial charge in [0.1, 0.15) is 11.3 Å². The predicted molar refractivity (Wildman–Crippen MR) is 73.7 cm³/mol. The van der Waals surface area contributed by atoms with Crippen LogP contribution in [0, 0.1) is 5.41 Å². The van der Waals surface area contributed by atoms with Gasteiger partial charge in [0.05, 0.1) is 13.7 Å². The van der Waals surface area contributed by atoms with Crippen molar-refractivity contribution in [3.63, 3.8) is 0 Å². The topological polar surface area (TPSA) is 55.8 Å². The highest BCUT2D eigenvalue weighted by Gasteiger charge is 2.12. The summed E-state index contributed by atoms with van der Waals surface area (Å²) in [6.45, 7) is 7.65. The monoisotopic (exact) mass is 266 g/mol. The van der Waals surface area contributed by atoms with E-state index in [0.717, 1.165) is 12.0 Å². The van der Waals surface area contributed by atoms with Crippen molar-refractivity contribution in [1.29, 1.82) is 0 Å². The quantitative estimate of drug-likeness (QED) is 0.802. The number of hydrogen-bond acceptors (Lipinski definition) is 3. The number of hydrogen-bond donors (Lipinski definition) is 1. The smallest absolute Gasteiger partial charge is 0.339 e. The van der Waals surface area contributed by atoms with E-state index < -0.39 is 5.97 Å². The van der Waals surface area contributed by atoms with Crippen molar-refractivity contribution >= 4 is 5.97 Å². The van der Waals surface area contributed by atoms with Crippen molar-refractivity contribution in [3.05, 3.63) is 29.3 Å². The first-order chi connectivity index (χ1) is 8.83. The van der Waals surface area contributed by atoms with Crippen molar-refractivity contribution in [2.24, 2.45) is 5.41 Å². The number of aromatic carboxylic acids is 1. The molecule has 0 atom stereocenters. The SMILES string of the molecule is COc1cc(COCCC(C)(C)C)ccc1C(=O)O. The van der Waals surface area contributed by atoms with E-state index in [1.54, 1.807) is 18.2 Å². The summed E-state index contributed by atoms with van der Waals surface area (Å²) in [6, 6.07) is 5.01. The molecular weight excluding hydrogens is 244 g/mol. The highest BCUT2D eigenvalue weighted by molar-refractivity contribution is 5.90. The van der Waals surface area contributed by atoms with Crippen molar-refractivity contribution in [3.8, 4) is 5.75 Å². The lowest BCUT2D eigenvalue weighted by atomic mass is 9.93. The molecule has 1 rings (SSSR count). The second-order valence-corrected chi connectivity index (χ2v) is 5.70. The number of ether oxygens (including phenoxy) is 2. The van der Waals surface area contributed by atoms with Gasteiger partial charge in [-0.2, -0.15) is 0 Å². The highest BCUT2D eigenvalue weighted by Crippen LogP contribution is 2.22. The molecule has 4 nitrogen and oxygen atoms in total. The summed E-state index contributed by atoms with van der Waals surface area (Å²) >= 11 is 0. The van der Waals surface area contributed by atoms with Gasteiger partial charge in [-0.05, 0) is 29.5 Å². The Morgan fingerprint density at radius 1 is 1.32 bits per heavy atom. The van der Waals surface area contributed by atoms with E-state index in [9.17, 15) is 4.79 Å². The van der Waals surface area contributed by atoms with E-state index in [1.165, 1.54) is 7.11 Å². The fourth-order valence-corrected chi connectivity index (χ4v) is 1.57. The van der Waals surface area contributed by atoms with Crippen LogP contribution in [0.1, 0.15) is 43.1 Å². The van der Waals surface area contributed by atoms with Gasteiger partial charge in [0, 0.05) is 6.61 Å². The maximum absolute atomic E-state index is 11.0. The van der Waals surface area contributed by atoms with Gasteiger partial charge in [-0.3, -0.25) is 0 Å². The van der Waals surface area contributed by atoms with Crippen LogP contribution in [0.4, 0.5) is 0 Å². The Morgan fingerprint density at radius 3 is 2.53 bits per heavy atom. The van der Waals surface area contributed by atoms with Crippen LogP contribution in [0.2, 0.25) is 0 Å². The Bertz CT molecular complexity index is 432. The van der Waals surface area contributed by atoms with Gasteiger partial charge >= 0.3 is 5.97 Å². The molecule has 0 fully saturated rings. The van der Waals surface area contributed by atoms with E-state index in [4.69, 9.17) is 14.6 Å². The van der Waals surface area contributed by atoms with Crippen LogP contribution in [0.25, 0.3) is 0 Å². The Kier molecular flexibility index (Phi) is 5.36. The molecule has 19 heavy (non-hydrogen) atoms. The standard InChI is InChI=1S/C15H22O4/c1-15(2,3)7-8-19-10-11-5-6-12(14(16)17)13(9-11)18-4/h5-6,9H,7-8,10H2,1-4H3,(H,16,17). The van der Waals surface area contributed by atoms with Crippen LogP contribution in [0.3, 0.4) is 0 Å². The van der Waals surface area contributed by atoms with Gasteiger partial charge in [0.15, 0.2) is 0 Å². The van der Waals surface area contributed by atoms with Crippen LogP contribution < -0.4 is 4.74 Å². The molecule has 1 aromatic carbocycles. The molecule has 4 heteroatoms. The van der Waals surface area contributed by atoms with Crippen molar-refractivity contribution in [1.82, 2.24) is 0 Å². The first-order valence-corrected chi connectivity index (χ1v) is 6.31. The molecule has 0 aliphatic heterocycles. The summed E-state index contributed by atoms with van der Waals surface area (Å²) in [4.78, 5) is 11.0. The van der Waals surface area contributed by atoms with Crippen molar-refractivity contribution in [2.45, 2.75) is 33.8 Å². The molecule has 0 saturated heterocycles. The molecule has 0 unspecified atom stereocenters. The summed E-state index contributed by atoms with van der Waals surface area (Å²) in [6.07, 6.45) is 0.983. The normalized spacial score (nSPS) is 11.4. The van der Waals surface area contributed by atoms with Gasteiger partial charge in [0.2, 0.25) is 0 Å². The fourth-order valence-electron chi connectivity index (χ4n) is 1.57. The summed E-state index contributed by atoms with van der Waals surface area (Å²) in [5, 5.41) is 8.98. The maximum atomic E-state index is 11.0.